The van der Waals surface area contributed by atoms with Crippen molar-refractivity contribution in [2.75, 3.05) is 19.1 Å². The summed E-state index contributed by atoms with van der Waals surface area (Å²) >= 11 is 5.80. The van der Waals surface area contributed by atoms with E-state index >= 15 is 0 Å². The van der Waals surface area contributed by atoms with Crippen molar-refractivity contribution < 1.29 is 9.47 Å². The van der Waals surface area contributed by atoms with Crippen LogP contribution in [-0.4, -0.2) is 19.1 Å². The van der Waals surface area contributed by atoms with Crippen LogP contribution in [0.1, 0.15) is 38.7 Å². The number of ether oxygens (including phenoxy) is 2. The van der Waals surface area contributed by atoms with E-state index in [9.17, 15) is 0 Å². The van der Waals surface area contributed by atoms with Crippen molar-refractivity contribution in [2.45, 2.75) is 33.1 Å². The first-order chi connectivity index (χ1) is 8.22. The first kappa shape index (κ1) is 14.2. The molecule has 0 spiro atoms. The van der Waals surface area contributed by atoms with Crippen molar-refractivity contribution in [3.05, 3.63) is 23.8 Å². The molecule has 0 heterocycles. The molecule has 0 fully saturated rings. The molecular weight excluding hydrogens is 236 g/mol. The highest BCUT2D eigenvalue weighted by atomic mass is 35.5. The highest BCUT2D eigenvalue weighted by molar-refractivity contribution is 6.17. The minimum absolute atomic E-state index is 0.384. The van der Waals surface area contributed by atoms with Crippen LogP contribution in [0.25, 0.3) is 0 Å². The van der Waals surface area contributed by atoms with Crippen LogP contribution >= 0.6 is 11.6 Å². The van der Waals surface area contributed by atoms with Crippen molar-refractivity contribution in [1.82, 2.24) is 0 Å². The minimum Gasteiger partial charge on any atom is -0.494 e. The molecule has 0 amide bonds. The summed E-state index contributed by atoms with van der Waals surface area (Å²) in [6, 6.07) is 5.99. The lowest BCUT2D eigenvalue weighted by molar-refractivity contribution is 0.325. The molecule has 1 atom stereocenters. The van der Waals surface area contributed by atoms with Crippen LogP contribution in [0.4, 0.5) is 0 Å². The average molecular weight is 257 g/mol. The van der Waals surface area contributed by atoms with Gasteiger partial charge in [-0.1, -0.05) is 6.92 Å². The molecule has 1 aromatic rings. The molecule has 0 aliphatic heterocycles. The van der Waals surface area contributed by atoms with E-state index in [-0.39, 0.29) is 0 Å². The summed E-state index contributed by atoms with van der Waals surface area (Å²) in [4.78, 5) is 0. The van der Waals surface area contributed by atoms with E-state index in [4.69, 9.17) is 21.1 Å². The molecule has 0 aromatic heterocycles. The Morgan fingerprint density at radius 3 is 2.47 bits per heavy atom. The van der Waals surface area contributed by atoms with E-state index in [1.165, 1.54) is 5.56 Å². The second kappa shape index (κ2) is 7.44. The maximum Gasteiger partial charge on any atom is 0.123 e. The summed E-state index contributed by atoms with van der Waals surface area (Å²) in [7, 11) is 0. The number of hydrogen-bond acceptors (Lipinski definition) is 2. The molecule has 3 heteroatoms. The Bertz CT molecular complexity index is 339. The van der Waals surface area contributed by atoms with Gasteiger partial charge in [0.1, 0.15) is 11.5 Å². The van der Waals surface area contributed by atoms with Crippen LogP contribution in [0.3, 0.4) is 0 Å². The lowest BCUT2D eigenvalue weighted by Crippen LogP contribution is -2.02. The topological polar surface area (TPSA) is 18.5 Å². The Morgan fingerprint density at radius 1 is 1.18 bits per heavy atom. The fraction of sp³-hybridized carbons (Fsp3) is 0.571. The van der Waals surface area contributed by atoms with E-state index in [1.54, 1.807) is 0 Å². The molecule has 1 rings (SSSR count). The van der Waals surface area contributed by atoms with Gasteiger partial charge < -0.3 is 9.47 Å². The van der Waals surface area contributed by atoms with E-state index in [1.807, 2.05) is 26.0 Å². The van der Waals surface area contributed by atoms with E-state index in [2.05, 4.69) is 13.0 Å². The van der Waals surface area contributed by atoms with Crippen molar-refractivity contribution in [3.63, 3.8) is 0 Å². The number of rotatable bonds is 7. The van der Waals surface area contributed by atoms with E-state index in [0.717, 1.165) is 17.9 Å². The van der Waals surface area contributed by atoms with E-state index < -0.39 is 0 Å². The third kappa shape index (κ3) is 4.12. The van der Waals surface area contributed by atoms with Gasteiger partial charge in [-0.3, -0.25) is 0 Å². The van der Waals surface area contributed by atoms with Gasteiger partial charge in [-0.15, -0.1) is 11.6 Å². The smallest absolute Gasteiger partial charge is 0.123 e. The lowest BCUT2D eigenvalue weighted by atomic mass is 9.97. The number of benzene rings is 1. The molecule has 17 heavy (non-hydrogen) atoms. The summed E-state index contributed by atoms with van der Waals surface area (Å²) in [5, 5.41) is 0. The van der Waals surface area contributed by atoms with Crippen LogP contribution in [0.5, 0.6) is 11.5 Å². The van der Waals surface area contributed by atoms with Gasteiger partial charge in [0.05, 0.1) is 13.2 Å². The quantitative estimate of drug-likeness (QED) is 0.680. The van der Waals surface area contributed by atoms with Crippen LogP contribution in [0, 0.1) is 0 Å². The van der Waals surface area contributed by atoms with Gasteiger partial charge >= 0.3 is 0 Å². The first-order valence-electron chi connectivity index (χ1n) is 6.18. The van der Waals surface area contributed by atoms with Crippen LogP contribution < -0.4 is 9.47 Å². The second-order valence-electron chi connectivity index (χ2n) is 3.94. The Hall–Kier alpha value is -0.890. The zero-order chi connectivity index (χ0) is 12.7. The second-order valence-corrected chi connectivity index (χ2v) is 4.32. The highest BCUT2D eigenvalue weighted by Crippen LogP contribution is 2.32. The normalized spacial score (nSPS) is 12.2. The molecule has 0 aliphatic carbocycles. The standard InChI is InChI=1S/C14H21ClO2/c1-4-16-12-6-7-14(17-5-2)13(10-12)11(3)8-9-15/h6-7,10-11H,4-5,8-9H2,1-3H3. The van der Waals surface area contributed by atoms with Gasteiger partial charge in [0.15, 0.2) is 0 Å². The Kier molecular flexibility index (Phi) is 6.20. The van der Waals surface area contributed by atoms with Gasteiger partial charge in [-0.25, -0.2) is 0 Å². The fourth-order valence-corrected chi connectivity index (χ4v) is 2.10. The molecule has 1 aromatic carbocycles. The van der Waals surface area contributed by atoms with Gasteiger partial charge in [0, 0.05) is 11.4 Å². The summed E-state index contributed by atoms with van der Waals surface area (Å²) in [6.07, 6.45) is 0.942. The van der Waals surface area contributed by atoms with Crippen LogP contribution in [0.2, 0.25) is 0 Å². The summed E-state index contributed by atoms with van der Waals surface area (Å²) in [6.45, 7) is 7.49. The van der Waals surface area contributed by atoms with Gasteiger partial charge in [0.25, 0.3) is 0 Å². The van der Waals surface area contributed by atoms with Crippen molar-refractivity contribution in [2.24, 2.45) is 0 Å². The highest BCUT2D eigenvalue weighted by Gasteiger charge is 2.12. The molecule has 0 saturated carbocycles. The lowest BCUT2D eigenvalue weighted by Gasteiger charge is -2.17. The summed E-state index contributed by atoms with van der Waals surface area (Å²) in [5.74, 6) is 2.88. The average Bonchev–Trinajstić information content (AvgIpc) is 2.32. The fourth-order valence-electron chi connectivity index (χ4n) is 1.77. The third-order valence-electron chi connectivity index (χ3n) is 2.67. The van der Waals surface area contributed by atoms with E-state index in [0.29, 0.717) is 25.0 Å². The summed E-state index contributed by atoms with van der Waals surface area (Å²) in [5.41, 5.74) is 1.18. The van der Waals surface area contributed by atoms with Gasteiger partial charge in [0.2, 0.25) is 0 Å². The van der Waals surface area contributed by atoms with Crippen LogP contribution in [-0.2, 0) is 0 Å². The monoisotopic (exact) mass is 256 g/mol. The predicted octanol–water partition coefficient (Wildman–Crippen LogP) is 4.22. The minimum atomic E-state index is 0.384. The summed E-state index contributed by atoms with van der Waals surface area (Å²) < 4.78 is 11.2. The van der Waals surface area contributed by atoms with Crippen molar-refractivity contribution in [1.29, 1.82) is 0 Å². The van der Waals surface area contributed by atoms with Gasteiger partial charge in [-0.05, 0) is 44.4 Å². The van der Waals surface area contributed by atoms with Crippen molar-refractivity contribution in [3.8, 4) is 11.5 Å². The first-order valence-corrected chi connectivity index (χ1v) is 6.71. The van der Waals surface area contributed by atoms with Crippen molar-refractivity contribution >= 4 is 11.6 Å². The largest absolute Gasteiger partial charge is 0.494 e. The third-order valence-corrected chi connectivity index (χ3v) is 2.88. The molecule has 96 valence electrons. The zero-order valence-corrected chi connectivity index (χ0v) is 11.6. The van der Waals surface area contributed by atoms with Gasteiger partial charge in [-0.2, -0.15) is 0 Å². The molecule has 0 bridgehead atoms. The maximum atomic E-state index is 5.80. The molecule has 1 unspecified atom stereocenters. The van der Waals surface area contributed by atoms with Crippen LogP contribution in [0.15, 0.2) is 18.2 Å². The molecule has 0 saturated heterocycles. The number of alkyl halides is 1. The Labute approximate surface area is 109 Å². The Morgan fingerprint density at radius 2 is 1.88 bits per heavy atom. The maximum absolute atomic E-state index is 5.80. The SMILES string of the molecule is CCOc1ccc(OCC)c(C(C)CCCl)c1. The number of hydrogen-bond donors (Lipinski definition) is 0. The zero-order valence-electron chi connectivity index (χ0n) is 10.8. The predicted molar refractivity (Wildman–Crippen MR) is 72.5 cm³/mol. The number of halogens is 1. The molecule has 0 radical (unpaired) electrons. The molecule has 0 aliphatic rings. The Balaban J connectivity index is 2.97. The molecule has 0 N–H and O–H groups in total. The molecule has 2 nitrogen and oxygen atoms in total. The molecular formula is C14H21ClO2.